The van der Waals surface area contributed by atoms with Gasteiger partial charge >= 0.3 is 66.6 Å². The van der Waals surface area contributed by atoms with Crippen LogP contribution in [0.15, 0.2) is 96.1 Å². The third kappa shape index (κ3) is 12.0. The van der Waals surface area contributed by atoms with Gasteiger partial charge in [0.1, 0.15) is 0 Å². The minimum atomic E-state index is -4.87. The van der Waals surface area contributed by atoms with E-state index in [4.69, 9.17) is 0 Å². The molecule has 0 spiro atoms. The van der Waals surface area contributed by atoms with E-state index in [2.05, 4.69) is 37.4 Å². The fraction of sp³-hybridized carbons (Fsp3) is 0.385. The molecule has 0 nitrogen and oxygen atoms in total. The van der Waals surface area contributed by atoms with Crippen molar-refractivity contribution in [1.29, 1.82) is 0 Å². The Morgan fingerprint density at radius 2 is 0.809 bits per heavy atom. The Balaban J connectivity index is 0.000000202. The van der Waals surface area contributed by atoms with Crippen LogP contribution in [0.5, 0.6) is 0 Å². The fourth-order valence-electron chi connectivity index (χ4n) is 10.8. The molecule has 0 heterocycles. The summed E-state index contributed by atoms with van der Waals surface area (Å²) >= 11 is 1.74. The van der Waals surface area contributed by atoms with Gasteiger partial charge in [-0.05, 0) is 83.0 Å². The molecular weight excluding hydrogens is 1040 g/mol. The van der Waals surface area contributed by atoms with Gasteiger partial charge in [0.25, 0.3) is 0 Å². The maximum absolute atomic E-state index is 13.3. The van der Waals surface area contributed by atoms with Gasteiger partial charge in [-0.1, -0.05) is 86.8 Å². The van der Waals surface area contributed by atoms with Crippen LogP contribution in [-0.2, 0) is 48.0 Å². The van der Waals surface area contributed by atoms with Gasteiger partial charge in [0.15, 0.2) is 0 Å². The molecule has 0 N–H and O–H groups in total. The SMILES string of the molecule is C[Si](C)=[Zr+2].FC(F)(F)c1cc(-c2cccc3c2=CC(=CC24CCC(CC2)C4)[C-]=3)cc(C(F)(F)F)c1.FC(F)(F)c1cc(-c2cccc3c2=CC(=CC24CCC(CC2)C4)[C-]=3)cc(C(F)(F)F)c1.[Cl-].[Cl-]. The van der Waals surface area contributed by atoms with Gasteiger partial charge in [-0.25, -0.2) is 0 Å². The van der Waals surface area contributed by atoms with E-state index in [9.17, 15) is 52.7 Å². The minimum Gasteiger partial charge on any atom is -1.00 e. The van der Waals surface area contributed by atoms with E-state index >= 15 is 0 Å². The molecule has 10 rings (SSSR count). The molecule has 4 bridgehead atoms. The van der Waals surface area contributed by atoms with E-state index in [0.717, 1.165) is 85.8 Å². The molecule has 6 aliphatic carbocycles. The quantitative estimate of drug-likeness (QED) is 0.113. The van der Waals surface area contributed by atoms with Gasteiger partial charge in [-0.15, -0.1) is 80.6 Å². The first-order chi connectivity index (χ1) is 30.8. The van der Waals surface area contributed by atoms with Crippen LogP contribution in [0.1, 0.15) is 86.5 Å². The van der Waals surface area contributed by atoms with E-state index in [1.807, 2.05) is 12.2 Å². The summed E-state index contributed by atoms with van der Waals surface area (Å²) in [5.74, 6) is 1.53. The molecule has 0 amide bonds. The van der Waals surface area contributed by atoms with Crippen molar-refractivity contribution in [2.24, 2.45) is 22.7 Å². The first-order valence-corrected chi connectivity index (χ1v) is 28.0. The zero-order valence-corrected chi connectivity index (χ0v) is 41.7. The monoisotopic (exact) mass is 1080 g/mol. The molecule has 0 saturated heterocycles. The van der Waals surface area contributed by atoms with Crippen molar-refractivity contribution >= 4 is 29.7 Å². The average Bonchev–Trinajstić information content (AvgIpc) is 4.10. The second kappa shape index (κ2) is 20.1. The Hall–Kier alpha value is -3.32. The van der Waals surface area contributed by atoms with Crippen LogP contribution >= 0.6 is 0 Å². The second-order valence-electron chi connectivity index (χ2n) is 18.9. The van der Waals surface area contributed by atoms with Crippen LogP contribution in [0.25, 0.3) is 46.6 Å². The molecule has 6 aliphatic rings. The predicted octanol–water partition coefficient (Wildman–Crippen LogP) is 7.49. The number of halogens is 14. The molecule has 0 aliphatic heterocycles. The van der Waals surface area contributed by atoms with Crippen LogP contribution in [0, 0.1) is 22.7 Å². The molecule has 68 heavy (non-hydrogen) atoms. The van der Waals surface area contributed by atoms with Crippen LogP contribution < -0.4 is 45.7 Å². The van der Waals surface area contributed by atoms with Crippen molar-refractivity contribution in [3.8, 4) is 22.3 Å². The number of benzene rings is 4. The van der Waals surface area contributed by atoms with E-state index in [0.29, 0.717) is 32.0 Å². The third-order valence-electron chi connectivity index (χ3n) is 13.7. The fourth-order valence-corrected chi connectivity index (χ4v) is 10.8. The number of alkyl halides is 12. The number of allylic oxidation sites excluding steroid dienone is 4. The Labute approximate surface area is 414 Å². The van der Waals surface area contributed by atoms with E-state index in [-0.39, 0.29) is 64.3 Å². The topological polar surface area (TPSA) is 0 Å². The molecule has 4 aromatic carbocycles. The van der Waals surface area contributed by atoms with Crippen LogP contribution in [0.4, 0.5) is 52.7 Å². The van der Waals surface area contributed by atoms with Crippen molar-refractivity contribution in [3.63, 3.8) is 0 Å². The van der Waals surface area contributed by atoms with Crippen molar-refractivity contribution in [2.75, 3.05) is 0 Å². The molecular formula is C52H44Cl2F12SiZr-2. The number of rotatable bonds is 4. The van der Waals surface area contributed by atoms with Gasteiger partial charge in [-0.2, -0.15) is 52.7 Å². The Morgan fingerprint density at radius 1 is 0.515 bits per heavy atom. The number of fused-ring (bicyclic) bond motifs is 6. The Morgan fingerprint density at radius 3 is 1.06 bits per heavy atom. The van der Waals surface area contributed by atoms with Crippen LogP contribution in [0.3, 0.4) is 0 Å². The summed E-state index contributed by atoms with van der Waals surface area (Å²) in [4.78, 5) is 0. The normalized spacial score (nSPS) is 24.2. The van der Waals surface area contributed by atoms with Gasteiger partial charge in [0, 0.05) is 0 Å². The summed E-state index contributed by atoms with van der Waals surface area (Å²) in [7, 11) is 0. The summed E-state index contributed by atoms with van der Waals surface area (Å²) in [6, 6.07) is 13.5. The zero-order valence-electron chi connectivity index (χ0n) is 36.8. The predicted molar refractivity (Wildman–Crippen MR) is 230 cm³/mol. The van der Waals surface area contributed by atoms with Gasteiger partial charge in [-0.3, -0.25) is 0 Å². The maximum atomic E-state index is 13.3. The van der Waals surface area contributed by atoms with E-state index < -0.39 is 47.0 Å². The summed E-state index contributed by atoms with van der Waals surface area (Å²) in [5, 5.41) is 2.62. The number of hydrogen-bond acceptors (Lipinski definition) is 0. The number of hydrogen-bond donors (Lipinski definition) is 0. The average molecular weight is 1090 g/mol. The molecule has 16 heteroatoms. The molecule has 0 atom stereocenters. The third-order valence-corrected chi connectivity index (χ3v) is 13.7. The molecule has 0 aromatic heterocycles. The van der Waals surface area contributed by atoms with E-state index in [1.54, 1.807) is 59.7 Å². The van der Waals surface area contributed by atoms with Crippen LogP contribution in [0.2, 0.25) is 13.1 Å². The molecule has 4 saturated carbocycles. The Bertz CT molecular complexity index is 2630. The molecule has 0 radical (unpaired) electrons. The van der Waals surface area contributed by atoms with Crippen molar-refractivity contribution < 1.29 is 101 Å². The second-order valence-corrected chi connectivity index (χ2v) is 28.3. The van der Waals surface area contributed by atoms with Gasteiger partial charge < -0.3 is 24.8 Å². The zero-order chi connectivity index (χ0) is 47.6. The van der Waals surface area contributed by atoms with Crippen LogP contribution in [-0.4, -0.2) is 5.43 Å². The van der Waals surface area contributed by atoms with Gasteiger partial charge in [0.2, 0.25) is 0 Å². The molecule has 4 fully saturated rings. The van der Waals surface area contributed by atoms with E-state index in [1.165, 1.54) is 25.7 Å². The molecule has 4 aromatic rings. The minimum absolute atomic E-state index is 0. The molecule has 360 valence electrons. The standard InChI is InChI=1S/2C25H19F6.C2H6Si.2ClH.Zr/c2*26-24(27,28)19-10-18(11-20(12-19)25(29,30)31)21-3-1-2-17-8-16(9-22(17)21)14-23-6-4-15(13-23)5-7-23;1-3-2;;;/h2*1-3,9-12,14-15H,4-7,13H2;1-2H3;2*1H;/q2*-1;;;;+2/p-2. The van der Waals surface area contributed by atoms with Crippen molar-refractivity contribution in [1.82, 2.24) is 0 Å². The first kappa shape index (κ1) is 54.0. The summed E-state index contributed by atoms with van der Waals surface area (Å²) in [5.41, 5.74) is -2.47. The smallest absolute Gasteiger partial charge is 0.416 e. The largest absolute Gasteiger partial charge is 1.00 e. The summed E-state index contributed by atoms with van der Waals surface area (Å²) in [6.45, 7) is 4.62. The Kier molecular flexibility index (Phi) is 15.9. The van der Waals surface area contributed by atoms with Gasteiger partial charge in [0.05, 0.1) is 22.3 Å². The molecule has 0 unspecified atom stereocenters. The van der Waals surface area contributed by atoms with Crippen molar-refractivity contribution in [3.05, 3.63) is 139 Å². The van der Waals surface area contributed by atoms with Crippen molar-refractivity contribution in [2.45, 2.75) is 102 Å². The summed E-state index contributed by atoms with van der Waals surface area (Å²) < 4.78 is 160. The maximum Gasteiger partial charge on any atom is 0.416 e. The summed E-state index contributed by atoms with van der Waals surface area (Å²) in [6.07, 6.45) is 6.91. The first-order valence-electron chi connectivity index (χ1n) is 21.9.